The lowest BCUT2D eigenvalue weighted by Crippen LogP contribution is -2.59. The molecule has 0 amide bonds. The Balaban J connectivity index is 1.58. The molecule has 1 N–H and O–H groups in total. The van der Waals surface area contributed by atoms with E-state index >= 15 is 0 Å². The molecule has 1 saturated heterocycles. The van der Waals surface area contributed by atoms with Crippen LogP contribution in [0.15, 0.2) is 95.9 Å². The van der Waals surface area contributed by atoms with Gasteiger partial charge in [-0.25, -0.2) is 0 Å². The van der Waals surface area contributed by atoms with Crippen LogP contribution in [-0.4, -0.2) is 47.5 Å². The van der Waals surface area contributed by atoms with Crippen molar-refractivity contribution < 1.29 is 28.8 Å². The van der Waals surface area contributed by atoms with Crippen molar-refractivity contribution in [2.24, 2.45) is 0 Å². The average Bonchev–Trinajstić information content (AvgIpc) is 2.89. The van der Waals surface area contributed by atoms with E-state index < -0.39 is 35.8 Å². The molecular weight excluding hydrogens is 464 g/mol. The van der Waals surface area contributed by atoms with E-state index in [-0.39, 0.29) is 6.61 Å². The number of aliphatic hydroxyl groups is 1. The second-order valence-electron chi connectivity index (χ2n) is 8.29. The van der Waals surface area contributed by atoms with Crippen LogP contribution in [0, 0.1) is 0 Å². The molecule has 1 heterocycles. The number of esters is 1. The maximum atomic E-state index is 11.5. The summed E-state index contributed by atoms with van der Waals surface area (Å²) in [5.41, 5.74) is 1.50. The fourth-order valence-corrected chi connectivity index (χ4v) is 5.00. The van der Waals surface area contributed by atoms with Gasteiger partial charge in [-0.3, -0.25) is 4.79 Å². The topological polar surface area (TPSA) is 74.2 Å². The van der Waals surface area contributed by atoms with E-state index in [1.54, 1.807) is 0 Å². The fraction of sp³-hybridized carbons (Fsp3) is 0.321. The van der Waals surface area contributed by atoms with Crippen LogP contribution in [0.3, 0.4) is 0 Å². The number of thioether (sulfide) groups is 1. The van der Waals surface area contributed by atoms with Gasteiger partial charge in [-0.05, 0) is 23.3 Å². The number of aliphatic hydroxyl groups excluding tert-OH is 1. The van der Waals surface area contributed by atoms with Gasteiger partial charge in [0.15, 0.2) is 0 Å². The Bertz CT molecular complexity index is 1030. The van der Waals surface area contributed by atoms with Crippen LogP contribution in [0.1, 0.15) is 18.1 Å². The van der Waals surface area contributed by atoms with Crippen LogP contribution in [0.2, 0.25) is 0 Å². The molecule has 0 unspecified atom stereocenters. The molecule has 0 saturated carbocycles. The van der Waals surface area contributed by atoms with Gasteiger partial charge >= 0.3 is 5.97 Å². The summed E-state index contributed by atoms with van der Waals surface area (Å²) in [7, 11) is 0. The van der Waals surface area contributed by atoms with E-state index in [0.29, 0.717) is 13.2 Å². The zero-order chi connectivity index (χ0) is 24.5. The van der Waals surface area contributed by atoms with Crippen molar-refractivity contribution in [1.29, 1.82) is 0 Å². The summed E-state index contributed by atoms with van der Waals surface area (Å²) >= 11 is 1.49. The number of hydrogen-bond donors (Lipinski definition) is 1. The van der Waals surface area contributed by atoms with Gasteiger partial charge in [-0.2, -0.15) is 0 Å². The molecule has 0 bridgehead atoms. The molecule has 1 fully saturated rings. The molecule has 1 aliphatic heterocycles. The van der Waals surface area contributed by atoms with E-state index in [9.17, 15) is 9.90 Å². The highest BCUT2D eigenvalue weighted by Crippen LogP contribution is 2.37. The Hall–Kier alpha value is -2.68. The van der Waals surface area contributed by atoms with E-state index in [1.165, 1.54) is 18.7 Å². The first-order valence-electron chi connectivity index (χ1n) is 11.6. The minimum Gasteiger partial charge on any atom is -0.463 e. The number of ether oxygens (including phenoxy) is 4. The lowest BCUT2D eigenvalue weighted by Gasteiger charge is -2.44. The molecule has 184 valence electrons. The third-order valence-electron chi connectivity index (χ3n) is 5.64. The number of benzene rings is 3. The van der Waals surface area contributed by atoms with Crippen molar-refractivity contribution in [2.75, 3.05) is 6.61 Å². The maximum absolute atomic E-state index is 11.5. The minimum atomic E-state index is -1.05. The van der Waals surface area contributed by atoms with Gasteiger partial charge in [-0.15, -0.1) is 0 Å². The number of carbonyl (C=O) groups is 1. The molecule has 0 aromatic heterocycles. The number of carbonyl (C=O) groups excluding carboxylic acids is 1. The minimum absolute atomic E-state index is 0.0705. The van der Waals surface area contributed by atoms with Crippen LogP contribution >= 0.6 is 11.8 Å². The van der Waals surface area contributed by atoms with Gasteiger partial charge < -0.3 is 24.1 Å². The third-order valence-corrected chi connectivity index (χ3v) is 6.79. The van der Waals surface area contributed by atoms with Crippen molar-refractivity contribution in [3.05, 3.63) is 102 Å². The second-order valence-corrected chi connectivity index (χ2v) is 9.46. The van der Waals surface area contributed by atoms with Crippen LogP contribution in [0.5, 0.6) is 0 Å². The molecule has 1 aliphatic rings. The zero-order valence-electron chi connectivity index (χ0n) is 19.6. The van der Waals surface area contributed by atoms with Crippen LogP contribution in [-0.2, 0) is 37.0 Å². The van der Waals surface area contributed by atoms with Crippen molar-refractivity contribution in [1.82, 2.24) is 0 Å². The first-order valence-corrected chi connectivity index (χ1v) is 12.5. The van der Waals surface area contributed by atoms with Gasteiger partial charge in [0.05, 0.1) is 13.2 Å². The maximum Gasteiger partial charge on any atom is 0.302 e. The largest absolute Gasteiger partial charge is 0.463 e. The summed E-state index contributed by atoms with van der Waals surface area (Å²) in [5, 5.41) is 11.2. The molecule has 5 atom stereocenters. The van der Waals surface area contributed by atoms with Gasteiger partial charge in [0, 0.05) is 11.8 Å². The monoisotopic (exact) mass is 494 g/mol. The second kappa shape index (κ2) is 12.9. The molecule has 4 rings (SSSR count). The highest BCUT2D eigenvalue weighted by Gasteiger charge is 2.47. The van der Waals surface area contributed by atoms with Crippen molar-refractivity contribution in [2.45, 2.75) is 54.9 Å². The number of rotatable bonds is 10. The lowest BCUT2D eigenvalue weighted by molar-refractivity contribution is -0.239. The van der Waals surface area contributed by atoms with E-state index in [1.807, 2.05) is 91.0 Å². The molecule has 0 spiro atoms. The Morgan fingerprint density at radius 2 is 1.34 bits per heavy atom. The van der Waals surface area contributed by atoms with Crippen molar-refractivity contribution in [3.8, 4) is 0 Å². The van der Waals surface area contributed by atoms with Gasteiger partial charge in [0.25, 0.3) is 0 Å². The Morgan fingerprint density at radius 3 is 1.89 bits per heavy atom. The molecular formula is C28H30O6S. The Morgan fingerprint density at radius 1 is 0.829 bits per heavy atom. The highest BCUT2D eigenvalue weighted by atomic mass is 32.2. The first-order chi connectivity index (χ1) is 17.1. The van der Waals surface area contributed by atoms with Gasteiger partial charge in [0.1, 0.15) is 36.5 Å². The Kier molecular flexibility index (Phi) is 9.34. The van der Waals surface area contributed by atoms with Crippen LogP contribution in [0.25, 0.3) is 0 Å². The molecule has 3 aromatic carbocycles. The summed E-state index contributed by atoms with van der Waals surface area (Å²) in [6.07, 6.45) is -3.08. The molecule has 0 radical (unpaired) electrons. The number of hydrogen-bond acceptors (Lipinski definition) is 7. The molecule has 6 nitrogen and oxygen atoms in total. The standard InChI is InChI=1S/C28H30O6S/c1-20(29)31-19-24-25(30)26(32-17-21-11-5-2-6-12-21)27(33-18-22-13-7-3-8-14-22)28(34-24)35-23-15-9-4-10-16-23/h2-16,24-28,30H,17-19H2,1H3/t24-,25+,26+,27-,28+/m1/s1. The van der Waals surface area contributed by atoms with E-state index in [2.05, 4.69) is 0 Å². The summed E-state index contributed by atoms with van der Waals surface area (Å²) in [6, 6.07) is 29.5. The predicted octanol–water partition coefficient (Wildman–Crippen LogP) is 4.60. The molecule has 35 heavy (non-hydrogen) atoms. The van der Waals surface area contributed by atoms with E-state index in [4.69, 9.17) is 18.9 Å². The van der Waals surface area contributed by atoms with Gasteiger partial charge in [0.2, 0.25) is 0 Å². The predicted molar refractivity (Wildman–Crippen MR) is 134 cm³/mol. The normalized spacial score (nSPS) is 24.1. The van der Waals surface area contributed by atoms with E-state index in [0.717, 1.165) is 16.0 Å². The van der Waals surface area contributed by atoms with Crippen molar-refractivity contribution in [3.63, 3.8) is 0 Å². The SMILES string of the molecule is CC(=O)OC[C@H]1O[C@@H](Sc2ccccc2)[C@H](OCc2ccccc2)[C@@H](OCc2ccccc2)[C@H]1O. The zero-order valence-corrected chi connectivity index (χ0v) is 20.4. The first kappa shape index (κ1) is 25.4. The Labute approximate surface area is 210 Å². The van der Waals surface area contributed by atoms with Crippen LogP contribution < -0.4 is 0 Å². The summed E-state index contributed by atoms with van der Waals surface area (Å²) in [4.78, 5) is 12.5. The highest BCUT2D eigenvalue weighted by molar-refractivity contribution is 7.99. The average molecular weight is 495 g/mol. The molecule has 3 aromatic rings. The summed E-state index contributed by atoms with van der Waals surface area (Å²) in [6.45, 7) is 1.91. The van der Waals surface area contributed by atoms with Crippen LogP contribution in [0.4, 0.5) is 0 Å². The summed E-state index contributed by atoms with van der Waals surface area (Å²) < 4.78 is 24.1. The van der Waals surface area contributed by atoms with Gasteiger partial charge in [-0.1, -0.05) is 90.6 Å². The summed E-state index contributed by atoms with van der Waals surface area (Å²) in [5.74, 6) is -0.433. The quantitative estimate of drug-likeness (QED) is 0.413. The molecule has 7 heteroatoms. The fourth-order valence-electron chi connectivity index (χ4n) is 3.86. The smallest absolute Gasteiger partial charge is 0.302 e. The molecule has 0 aliphatic carbocycles. The van der Waals surface area contributed by atoms with Crippen molar-refractivity contribution >= 4 is 17.7 Å². The third kappa shape index (κ3) is 7.40. The lowest BCUT2D eigenvalue weighted by atomic mass is 9.99.